The van der Waals surface area contributed by atoms with Crippen LogP contribution < -0.4 is 10.6 Å². The molecular weight excluding hydrogens is 172 g/mol. The van der Waals surface area contributed by atoms with E-state index in [0.717, 1.165) is 0 Å². The lowest BCUT2D eigenvalue weighted by atomic mass is 10.3. The second kappa shape index (κ2) is 6.03. The third-order valence-electron chi connectivity index (χ3n) is 1.25. The highest BCUT2D eigenvalue weighted by molar-refractivity contribution is 5.82. The molecule has 0 aromatic heterocycles. The quantitative estimate of drug-likeness (QED) is 0.370. The molecule has 0 aromatic rings. The van der Waals surface area contributed by atoms with Crippen LogP contribution in [0.25, 0.3) is 0 Å². The van der Waals surface area contributed by atoms with Crippen LogP contribution in [0.4, 0.5) is 0 Å². The lowest BCUT2D eigenvalue weighted by Gasteiger charge is -2.12. The molecule has 13 heavy (non-hydrogen) atoms. The third-order valence-corrected chi connectivity index (χ3v) is 1.25. The third kappa shape index (κ3) is 5.70. The molecule has 5 heteroatoms. The summed E-state index contributed by atoms with van der Waals surface area (Å²) >= 11 is 0. The number of rotatable bonds is 5. The molecule has 0 rings (SSSR count). The molecule has 0 radical (unpaired) electrons. The predicted octanol–water partition coefficient (Wildman–Crippen LogP) is -1.20. The molecule has 1 unspecified atom stereocenters. The van der Waals surface area contributed by atoms with Gasteiger partial charge < -0.3 is 15.7 Å². The first kappa shape index (κ1) is 11.5. The van der Waals surface area contributed by atoms with Crippen LogP contribution in [-0.2, 0) is 9.59 Å². The Morgan fingerprint density at radius 3 is 2.62 bits per heavy atom. The van der Waals surface area contributed by atoms with Crippen molar-refractivity contribution in [2.75, 3.05) is 13.1 Å². The summed E-state index contributed by atoms with van der Waals surface area (Å²) in [5, 5.41) is 13.6. The Morgan fingerprint density at radius 1 is 1.62 bits per heavy atom. The van der Waals surface area contributed by atoms with E-state index in [1.807, 2.05) is 0 Å². The first-order chi connectivity index (χ1) is 6.07. The van der Waals surface area contributed by atoms with Crippen molar-refractivity contribution < 1.29 is 14.7 Å². The van der Waals surface area contributed by atoms with Gasteiger partial charge in [-0.25, -0.2) is 4.79 Å². The molecular formula is C8H12N2O3. The Hall–Kier alpha value is -1.54. The van der Waals surface area contributed by atoms with Gasteiger partial charge in [-0.1, -0.05) is 5.92 Å². The molecule has 72 valence electrons. The standard InChI is InChI=1S/C8H12N2O3/c1-3-4-9-5-7(8(12)13)10-6(2)11/h1,7,9H,4-5H2,2H3,(H,10,11)(H,12,13). The molecule has 0 aliphatic rings. The van der Waals surface area contributed by atoms with Crippen LogP contribution in [0.5, 0.6) is 0 Å². The normalized spacial score (nSPS) is 11.4. The van der Waals surface area contributed by atoms with E-state index in [1.54, 1.807) is 0 Å². The van der Waals surface area contributed by atoms with E-state index in [1.165, 1.54) is 6.92 Å². The highest BCUT2D eigenvalue weighted by Gasteiger charge is 2.16. The molecule has 0 aliphatic carbocycles. The smallest absolute Gasteiger partial charge is 0.327 e. The average molecular weight is 184 g/mol. The summed E-state index contributed by atoms with van der Waals surface area (Å²) in [5.41, 5.74) is 0. The number of terminal acetylenes is 1. The van der Waals surface area contributed by atoms with Crippen LogP contribution in [0.15, 0.2) is 0 Å². The van der Waals surface area contributed by atoms with Gasteiger partial charge in [0.15, 0.2) is 0 Å². The zero-order valence-electron chi connectivity index (χ0n) is 7.33. The maximum absolute atomic E-state index is 10.5. The first-order valence-corrected chi connectivity index (χ1v) is 3.72. The van der Waals surface area contributed by atoms with Crippen molar-refractivity contribution in [3.05, 3.63) is 0 Å². The molecule has 0 heterocycles. The molecule has 0 saturated carbocycles. The molecule has 0 fully saturated rings. The summed E-state index contributed by atoms with van der Waals surface area (Å²) in [5.74, 6) is 0.835. The van der Waals surface area contributed by atoms with E-state index >= 15 is 0 Å². The van der Waals surface area contributed by atoms with E-state index in [9.17, 15) is 9.59 Å². The maximum Gasteiger partial charge on any atom is 0.327 e. The van der Waals surface area contributed by atoms with Crippen molar-refractivity contribution in [2.24, 2.45) is 0 Å². The summed E-state index contributed by atoms with van der Waals surface area (Å²) in [7, 11) is 0. The van der Waals surface area contributed by atoms with Gasteiger partial charge in [-0.2, -0.15) is 0 Å². The number of nitrogens with one attached hydrogen (secondary N) is 2. The summed E-state index contributed by atoms with van der Waals surface area (Å²) < 4.78 is 0. The van der Waals surface area contributed by atoms with E-state index in [0.29, 0.717) is 0 Å². The van der Waals surface area contributed by atoms with Gasteiger partial charge in [0, 0.05) is 13.5 Å². The SMILES string of the molecule is C#CCNCC(NC(C)=O)C(=O)O. The molecule has 5 nitrogen and oxygen atoms in total. The van der Waals surface area contributed by atoms with Gasteiger partial charge in [-0.05, 0) is 0 Å². The Kier molecular flexibility index (Phi) is 5.32. The summed E-state index contributed by atoms with van der Waals surface area (Å²) in [6.45, 7) is 1.67. The van der Waals surface area contributed by atoms with Crippen LogP contribution >= 0.6 is 0 Å². The number of hydrogen-bond acceptors (Lipinski definition) is 3. The second-order valence-electron chi connectivity index (χ2n) is 2.43. The number of amides is 1. The molecule has 0 bridgehead atoms. The number of carboxylic acids is 1. The number of carbonyl (C=O) groups is 2. The average Bonchev–Trinajstić information content (AvgIpc) is 2.02. The highest BCUT2D eigenvalue weighted by atomic mass is 16.4. The second-order valence-corrected chi connectivity index (χ2v) is 2.43. The van der Waals surface area contributed by atoms with Crippen molar-refractivity contribution in [2.45, 2.75) is 13.0 Å². The van der Waals surface area contributed by atoms with E-state index in [4.69, 9.17) is 11.5 Å². The predicted molar refractivity (Wildman–Crippen MR) is 46.9 cm³/mol. The Bertz CT molecular complexity index is 232. The molecule has 0 aliphatic heterocycles. The van der Waals surface area contributed by atoms with Gasteiger partial charge in [0.2, 0.25) is 5.91 Å². The summed E-state index contributed by atoms with van der Waals surface area (Å²) in [6, 6.07) is -0.925. The van der Waals surface area contributed by atoms with Crippen molar-refractivity contribution in [3.8, 4) is 12.3 Å². The minimum absolute atomic E-state index is 0.124. The van der Waals surface area contributed by atoms with Gasteiger partial charge in [0.25, 0.3) is 0 Å². The van der Waals surface area contributed by atoms with Gasteiger partial charge >= 0.3 is 5.97 Å². The van der Waals surface area contributed by atoms with Crippen LogP contribution in [0.2, 0.25) is 0 Å². The van der Waals surface area contributed by atoms with Crippen LogP contribution in [0, 0.1) is 12.3 Å². The number of aliphatic carboxylic acids is 1. The molecule has 3 N–H and O–H groups in total. The van der Waals surface area contributed by atoms with Crippen molar-refractivity contribution in [1.82, 2.24) is 10.6 Å². The number of hydrogen-bond donors (Lipinski definition) is 3. The topological polar surface area (TPSA) is 78.4 Å². The molecule has 1 amide bonds. The van der Waals surface area contributed by atoms with E-state index < -0.39 is 12.0 Å². The summed E-state index contributed by atoms with van der Waals surface area (Å²) in [4.78, 5) is 21.1. The Morgan fingerprint density at radius 2 is 2.23 bits per heavy atom. The highest BCUT2D eigenvalue weighted by Crippen LogP contribution is 1.81. The molecule has 0 saturated heterocycles. The van der Waals surface area contributed by atoms with Gasteiger partial charge in [-0.3, -0.25) is 4.79 Å². The monoisotopic (exact) mass is 184 g/mol. The zero-order chi connectivity index (χ0) is 10.3. The minimum Gasteiger partial charge on any atom is -0.480 e. The van der Waals surface area contributed by atoms with E-state index in [2.05, 4.69) is 16.6 Å². The fourth-order valence-electron chi connectivity index (χ4n) is 0.734. The first-order valence-electron chi connectivity index (χ1n) is 3.72. The lowest BCUT2D eigenvalue weighted by molar-refractivity contribution is -0.141. The zero-order valence-corrected chi connectivity index (χ0v) is 7.33. The lowest BCUT2D eigenvalue weighted by Crippen LogP contribution is -2.46. The van der Waals surface area contributed by atoms with Crippen molar-refractivity contribution in [3.63, 3.8) is 0 Å². The maximum atomic E-state index is 10.5. The van der Waals surface area contributed by atoms with Crippen LogP contribution in [0.1, 0.15) is 6.92 Å². The molecule has 0 spiro atoms. The van der Waals surface area contributed by atoms with Crippen molar-refractivity contribution in [1.29, 1.82) is 0 Å². The van der Waals surface area contributed by atoms with Crippen LogP contribution in [-0.4, -0.2) is 36.1 Å². The Balaban J connectivity index is 3.89. The number of carbonyl (C=O) groups excluding carboxylic acids is 1. The summed E-state index contributed by atoms with van der Waals surface area (Å²) in [6.07, 6.45) is 4.94. The van der Waals surface area contributed by atoms with Crippen molar-refractivity contribution >= 4 is 11.9 Å². The largest absolute Gasteiger partial charge is 0.480 e. The van der Waals surface area contributed by atoms with Gasteiger partial charge in [-0.15, -0.1) is 6.42 Å². The fraction of sp³-hybridized carbons (Fsp3) is 0.500. The fourth-order valence-corrected chi connectivity index (χ4v) is 0.734. The van der Waals surface area contributed by atoms with Crippen LogP contribution in [0.3, 0.4) is 0 Å². The van der Waals surface area contributed by atoms with Gasteiger partial charge in [0.05, 0.1) is 6.54 Å². The minimum atomic E-state index is -1.08. The molecule has 0 aromatic carbocycles. The van der Waals surface area contributed by atoms with E-state index in [-0.39, 0.29) is 19.0 Å². The number of carboxylic acid groups (broad SMARTS) is 1. The molecule has 1 atom stereocenters. The Labute approximate surface area is 76.5 Å². The van der Waals surface area contributed by atoms with Gasteiger partial charge in [0.1, 0.15) is 6.04 Å².